The number of methoxy groups -OCH3 is 1. The SMILES string of the molecule is CCn1cc(C(=O)NCCc2cccc(OC)c2)c2nn(-c3ccccc3)c(=O)c-2c1. The van der Waals surface area contributed by atoms with E-state index in [2.05, 4.69) is 10.4 Å². The molecular formula is C24H24N4O3. The molecule has 0 bridgehead atoms. The van der Waals surface area contributed by atoms with Gasteiger partial charge in [-0.3, -0.25) is 9.59 Å². The van der Waals surface area contributed by atoms with Crippen LogP contribution in [-0.2, 0) is 13.0 Å². The van der Waals surface area contributed by atoms with E-state index in [0.29, 0.717) is 42.0 Å². The lowest BCUT2D eigenvalue weighted by Gasteiger charge is -2.11. The molecule has 7 nitrogen and oxygen atoms in total. The van der Waals surface area contributed by atoms with Gasteiger partial charge in [-0.25, -0.2) is 0 Å². The van der Waals surface area contributed by atoms with Gasteiger partial charge < -0.3 is 14.6 Å². The van der Waals surface area contributed by atoms with Crippen LogP contribution in [0, 0.1) is 0 Å². The van der Waals surface area contributed by atoms with Crippen molar-refractivity contribution < 1.29 is 9.53 Å². The zero-order chi connectivity index (χ0) is 21.8. The van der Waals surface area contributed by atoms with E-state index in [1.165, 1.54) is 4.68 Å². The highest BCUT2D eigenvalue weighted by atomic mass is 16.5. The Morgan fingerprint density at radius 1 is 1.10 bits per heavy atom. The van der Waals surface area contributed by atoms with Crippen LogP contribution in [0.4, 0.5) is 0 Å². The third-order valence-corrected chi connectivity index (χ3v) is 5.17. The van der Waals surface area contributed by atoms with Crippen LogP contribution in [0.1, 0.15) is 22.8 Å². The Hall–Kier alpha value is -3.87. The molecule has 2 aliphatic rings. The number of para-hydroxylation sites is 1. The van der Waals surface area contributed by atoms with Gasteiger partial charge in [-0.15, -0.1) is 0 Å². The number of nitrogens with one attached hydrogen (secondary N) is 1. The first-order valence-corrected chi connectivity index (χ1v) is 10.2. The number of carbonyl (C=O) groups excluding carboxylic acids is 1. The van der Waals surface area contributed by atoms with E-state index < -0.39 is 0 Å². The van der Waals surface area contributed by atoms with Crippen molar-refractivity contribution in [2.24, 2.45) is 0 Å². The van der Waals surface area contributed by atoms with Crippen LogP contribution in [0.3, 0.4) is 0 Å². The standard InChI is InChI=1S/C24H24N4O3/c1-3-27-15-20(23(29)25-13-12-17-8-7-11-19(14-17)31-2)22-21(16-27)24(30)28(26-22)18-9-5-4-6-10-18/h4-11,14-16H,3,12-13H2,1-2H3,(H,25,29). The Balaban J connectivity index is 1.61. The summed E-state index contributed by atoms with van der Waals surface area (Å²) in [4.78, 5) is 26.0. The number of pyridine rings is 1. The topological polar surface area (TPSA) is 78.2 Å². The van der Waals surface area contributed by atoms with Crippen molar-refractivity contribution in [2.45, 2.75) is 19.9 Å². The molecule has 1 amide bonds. The highest BCUT2D eigenvalue weighted by Gasteiger charge is 2.24. The molecule has 0 aliphatic carbocycles. The number of benzene rings is 2. The fourth-order valence-electron chi connectivity index (χ4n) is 3.50. The average Bonchev–Trinajstić information content (AvgIpc) is 3.15. The van der Waals surface area contributed by atoms with Crippen LogP contribution >= 0.6 is 0 Å². The monoisotopic (exact) mass is 416 g/mol. The highest BCUT2D eigenvalue weighted by molar-refractivity contribution is 5.99. The number of carbonyl (C=O) groups is 1. The Morgan fingerprint density at radius 2 is 1.90 bits per heavy atom. The first kappa shape index (κ1) is 20.4. The summed E-state index contributed by atoms with van der Waals surface area (Å²) in [5, 5.41) is 7.43. The number of fused-ring (bicyclic) bond motifs is 1. The number of ether oxygens (including phenoxy) is 1. The molecule has 0 fully saturated rings. The number of aryl methyl sites for hydroxylation is 1. The van der Waals surface area contributed by atoms with E-state index in [4.69, 9.17) is 4.74 Å². The molecule has 158 valence electrons. The molecule has 0 atom stereocenters. The average molecular weight is 416 g/mol. The van der Waals surface area contributed by atoms with Gasteiger partial charge in [0.1, 0.15) is 11.4 Å². The predicted octanol–water partition coefficient (Wildman–Crippen LogP) is 3.14. The molecule has 31 heavy (non-hydrogen) atoms. The Kier molecular flexibility index (Phi) is 5.84. The van der Waals surface area contributed by atoms with Crippen molar-refractivity contribution in [3.63, 3.8) is 0 Å². The molecule has 2 heterocycles. The second kappa shape index (κ2) is 8.87. The summed E-state index contributed by atoms with van der Waals surface area (Å²) >= 11 is 0. The van der Waals surface area contributed by atoms with Crippen LogP contribution in [0.2, 0.25) is 0 Å². The first-order chi connectivity index (χ1) is 15.1. The van der Waals surface area contributed by atoms with Gasteiger partial charge in [-0.1, -0.05) is 30.3 Å². The lowest BCUT2D eigenvalue weighted by Crippen LogP contribution is -2.27. The Morgan fingerprint density at radius 3 is 2.65 bits per heavy atom. The van der Waals surface area contributed by atoms with Crippen molar-refractivity contribution in [3.8, 4) is 22.7 Å². The third-order valence-electron chi connectivity index (χ3n) is 5.17. The summed E-state index contributed by atoms with van der Waals surface area (Å²) in [6.45, 7) is 3.05. The third kappa shape index (κ3) is 4.21. The number of rotatable bonds is 7. The summed E-state index contributed by atoms with van der Waals surface area (Å²) in [5.74, 6) is 0.528. The molecule has 0 unspecified atom stereocenters. The van der Waals surface area contributed by atoms with E-state index in [-0.39, 0.29) is 11.5 Å². The largest absolute Gasteiger partial charge is 0.497 e. The van der Waals surface area contributed by atoms with E-state index in [1.54, 1.807) is 19.5 Å². The van der Waals surface area contributed by atoms with Gasteiger partial charge in [0.25, 0.3) is 11.5 Å². The number of amides is 1. The molecular weight excluding hydrogens is 392 g/mol. The van der Waals surface area contributed by atoms with Gasteiger partial charge in [0, 0.05) is 25.5 Å². The quantitative estimate of drug-likeness (QED) is 0.502. The smallest absolute Gasteiger partial charge is 0.282 e. The Bertz CT molecular complexity index is 1230. The van der Waals surface area contributed by atoms with E-state index in [9.17, 15) is 9.59 Å². The van der Waals surface area contributed by atoms with Gasteiger partial charge in [-0.05, 0) is 43.2 Å². The Labute approximate surface area is 180 Å². The number of hydrogen-bond acceptors (Lipinski definition) is 4. The molecule has 7 heteroatoms. The maximum atomic E-state index is 13.0. The maximum absolute atomic E-state index is 13.0. The van der Waals surface area contributed by atoms with Crippen molar-refractivity contribution >= 4 is 5.91 Å². The molecule has 0 radical (unpaired) electrons. The number of aromatic nitrogens is 3. The van der Waals surface area contributed by atoms with Crippen LogP contribution in [0.15, 0.2) is 71.8 Å². The van der Waals surface area contributed by atoms with E-state index in [1.807, 2.05) is 66.1 Å². The van der Waals surface area contributed by atoms with Crippen molar-refractivity contribution in [1.82, 2.24) is 19.7 Å². The van der Waals surface area contributed by atoms with Crippen molar-refractivity contribution in [1.29, 1.82) is 0 Å². The molecule has 2 aromatic carbocycles. The number of nitrogens with zero attached hydrogens (tertiary/aromatic N) is 3. The summed E-state index contributed by atoms with van der Waals surface area (Å²) in [7, 11) is 1.63. The molecule has 0 aromatic heterocycles. The minimum atomic E-state index is -0.256. The van der Waals surface area contributed by atoms with Gasteiger partial charge in [0.2, 0.25) is 0 Å². The number of hydrogen-bond donors (Lipinski definition) is 1. The lowest BCUT2D eigenvalue weighted by atomic mass is 10.1. The van der Waals surface area contributed by atoms with Crippen LogP contribution in [0.25, 0.3) is 16.9 Å². The van der Waals surface area contributed by atoms with Gasteiger partial charge >= 0.3 is 0 Å². The summed E-state index contributed by atoms with van der Waals surface area (Å²) in [5.41, 5.74) is 2.70. The van der Waals surface area contributed by atoms with Crippen LogP contribution < -0.4 is 15.6 Å². The molecule has 0 spiro atoms. The van der Waals surface area contributed by atoms with Crippen molar-refractivity contribution in [3.05, 3.63) is 88.5 Å². The summed E-state index contributed by atoms with van der Waals surface area (Å²) in [6, 6.07) is 16.9. The van der Waals surface area contributed by atoms with Crippen LogP contribution in [-0.4, -0.2) is 33.9 Å². The van der Waals surface area contributed by atoms with Gasteiger partial charge in [-0.2, -0.15) is 9.78 Å². The fraction of sp³-hybridized carbons (Fsp3) is 0.208. The molecule has 0 saturated carbocycles. The fourth-order valence-corrected chi connectivity index (χ4v) is 3.50. The second-order valence-corrected chi connectivity index (χ2v) is 7.17. The molecule has 2 aromatic rings. The maximum Gasteiger partial charge on any atom is 0.282 e. The lowest BCUT2D eigenvalue weighted by molar-refractivity contribution is 0.0953. The zero-order valence-electron chi connectivity index (χ0n) is 17.5. The zero-order valence-corrected chi connectivity index (χ0v) is 17.5. The summed E-state index contributed by atoms with van der Waals surface area (Å²) in [6.07, 6.45) is 4.15. The van der Waals surface area contributed by atoms with Crippen LogP contribution in [0.5, 0.6) is 5.75 Å². The normalized spacial score (nSPS) is 10.9. The minimum absolute atomic E-state index is 0.241. The summed E-state index contributed by atoms with van der Waals surface area (Å²) < 4.78 is 8.42. The van der Waals surface area contributed by atoms with Crippen molar-refractivity contribution in [2.75, 3.05) is 13.7 Å². The molecule has 0 saturated heterocycles. The molecule has 4 rings (SSSR count). The minimum Gasteiger partial charge on any atom is -0.497 e. The first-order valence-electron chi connectivity index (χ1n) is 10.2. The van der Waals surface area contributed by atoms with Gasteiger partial charge in [0.05, 0.1) is 23.9 Å². The highest BCUT2D eigenvalue weighted by Crippen LogP contribution is 2.22. The predicted molar refractivity (Wildman–Crippen MR) is 119 cm³/mol. The van der Waals surface area contributed by atoms with E-state index in [0.717, 1.165) is 11.3 Å². The second-order valence-electron chi connectivity index (χ2n) is 7.17. The van der Waals surface area contributed by atoms with Gasteiger partial charge in [0.15, 0.2) is 0 Å². The van der Waals surface area contributed by atoms with E-state index >= 15 is 0 Å². The molecule has 1 N–H and O–H groups in total. The molecule has 2 aliphatic heterocycles.